The smallest absolute Gasteiger partial charge is 0.222 e. The Balaban J connectivity index is 2.06. The summed E-state index contributed by atoms with van der Waals surface area (Å²) in [5.74, 6) is 0.438. The molecule has 0 aliphatic heterocycles. The van der Waals surface area contributed by atoms with Crippen molar-refractivity contribution >= 4 is 23.3 Å². The maximum Gasteiger partial charge on any atom is 0.222 e. The van der Waals surface area contributed by atoms with E-state index in [1.165, 1.54) is 6.92 Å². The Bertz CT molecular complexity index is 519. The minimum atomic E-state index is -0.123. The molecule has 0 aliphatic carbocycles. The number of hydrogen-bond donors (Lipinski definition) is 1. The van der Waals surface area contributed by atoms with Gasteiger partial charge in [0.2, 0.25) is 5.91 Å². The van der Waals surface area contributed by atoms with Crippen LogP contribution in [0.5, 0.6) is 0 Å². The van der Waals surface area contributed by atoms with Crippen LogP contribution >= 0.6 is 11.6 Å². The van der Waals surface area contributed by atoms with Gasteiger partial charge in [-0.1, -0.05) is 23.7 Å². The number of hydrogen-bond acceptors (Lipinski definition) is 2. The number of carbonyl (C=O) groups excluding carboxylic acids is 1. The van der Waals surface area contributed by atoms with Gasteiger partial charge in [0.25, 0.3) is 0 Å². The van der Waals surface area contributed by atoms with E-state index in [1.54, 1.807) is 10.7 Å². The summed E-state index contributed by atoms with van der Waals surface area (Å²) in [5, 5.41) is 7.56. The number of nitrogens with one attached hydrogen (secondary N) is 1. The molecule has 1 N–H and O–H groups in total. The van der Waals surface area contributed by atoms with Gasteiger partial charge in [0.15, 0.2) is 5.82 Å². The zero-order valence-corrected chi connectivity index (χ0v) is 10.1. The van der Waals surface area contributed by atoms with Gasteiger partial charge in [0, 0.05) is 24.2 Å². The van der Waals surface area contributed by atoms with E-state index < -0.39 is 0 Å². The topological polar surface area (TPSA) is 46.9 Å². The number of benzene rings is 1. The Kier molecular flexibility index (Phi) is 3.44. The van der Waals surface area contributed by atoms with Crippen LogP contribution in [-0.2, 0) is 11.3 Å². The summed E-state index contributed by atoms with van der Waals surface area (Å²) in [5.41, 5.74) is 1.10. The third-order valence-corrected chi connectivity index (χ3v) is 2.45. The van der Waals surface area contributed by atoms with E-state index in [1.807, 2.05) is 30.5 Å². The molecule has 0 fully saturated rings. The number of rotatable bonds is 3. The summed E-state index contributed by atoms with van der Waals surface area (Å²) in [6, 6.07) is 9.34. The number of aromatic nitrogens is 2. The molecule has 0 saturated carbocycles. The normalized spacial score (nSPS) is 10.2. The van der Waals surface area contributed by atoms with Crippen LogP contribution < -0.4 is 5.32 Å². The molecule has 0 spiro atoms. The molecule has 0 aliphatic rings. The van der Waals surface area contributed by atoms with Crippen LogP contribution in [-0.4, -0.2) is 15.7 Å². The molecule has 0 unspecified atom stereocenters. The SMILES string of the molecule is CC(=O)Nc1ccn(Cc2ccc(Cl)cc2)n1. The summed E-state index contributed by atoms with van der Waals surface area (Å²) in [7, 11) is 0. The third-order valence-electron chi connectivity index (χ3n) is 2.20. The number of nitrogens with zero attached hydrogens (tertiary/aromatic N) is 2. The predicted molar refractivity (Wildman–Crippen MR) is 67.1 cm³/mol. The van der Waals surface area contributed by atoms with Crippen molar-refractivity contribution in [3.63, 3.8) is 0 Å². The molecule has 1 heterocycles. The largest absolute Gasteiger partial charge is 0.309 e. The van der Waals surface area contributed by atoms with Crippen LogP contribution in [0.25, 0.3) is 0 Å². The second-order valence-corrected chi connectivity index (χ2v) is 4.14. The van der Waals surface area contributed by atoms with Crippen molar-refractivity contribution in [1.29, 1.82) is 0 Å². The van der Waals surface area contributed by atoms with E-state index >= 15 is 0 Å². The molecule has 88 valence electrons. The highest BCUT2D eigenvalue weighted by Gasteiger charge is 2.01. The summed E-state index contributed by atoms with van der Waals surface area (Å²) < 4.78 is 1.76. The van der Waals surface area contributed by atoms with E-state index in [9.17, 15) is 4.79 Å². The molecule has 1 amide bonds. The van der Waals surface area contributed by atoms with Crippen LogP contribution in [0, 0.1) is 0 Å². The van der Waals surface area contributed by atoms with Crippen LogP contribution in [0.4, 0.5) is 5.82 Å². The molecule has 2 aromatic rings. The number of halogens is 1. The van der Waals surface area contributed by atoms with Gasteiger partial charge in [-0.3, -0.25) is 9.48 Å². The summed E-state index contributed by atoms with van der Waals surface area (Å²) >= 11 is 5.81. The second kappa shape index (κ2) is 5.01. The molecule has 2 rings (SSSR count). The molecule has 1 aromatic heterocycles. The van der Waals surface area contributed by atoms with Crippen molar-refractivity contribution in [2.75, 3.05) is 5.32 Å². The number of amides is 1. The van der Waals surface area contributed by atoms with E-state index in [-0.39, 0.29) is 5.91 Å². The van der Waals surface area contributed by atoms with Crippen molar-refractivity contribution in [3.8, 4) is 0 Å². The van der Waals surface area contributed by atoms with Gasteiger partial charge in [-0.25, -0.2) is 0 Å². The number of carbonyl (C=O) groups is 1. The van der Waals surface area contributed by atoms with E-state index in [4.69, 9.17) is 11.6 Å². The van der Waals surface area contributed by atoms with Crippen LogP contribution in [0.2, 0.25) is 5.02 Å². The van der Waals surface area contributed by atoms with E-state index in [0.29, 0.717) is 17.4 Å². The van der Waals surface area contributed by atoms with Gasteiger partial charge in [0.1, 0.15) is 0 Å². The summed E-state index contributed by atoms with van der Waals surface area (Å²) in [6.45, 7) is 2.11. The fourth-order valence-corrected chi connectivity index (χ4v) is 1.60. The van der Waals surface area contributed by atoms with Crippen molar-refractivity contribution < 1.29 is 4.79 Å². The highest BCUT2D eigenvalue weighted by atomic mass is 35.5. The van der Waals surface area contributed by atoms with Gasteiger partial charge in [-0.05, 0) is 17.7 Å². The van der Waals surface area contributed by atoms with Gasteiger partial charge in [0.05, 0.1) is 6.54 Å². The van der Waals surface area contributed by atoms with Crippen LogP contribution in [0.15, 0.2) is 36.5 Å². The average Bonchev–Trinajstić information content (AvgIpc) is 2.68. The molecule has 0 atom stereocenters. The lowest BCUT2D eigenvalue weighted by Gasteiger charge is -2.02. The van der Waals surface area contributed by atoms with Crippen molar-refractivity contribution in [3.05, 3.63) is 47.1 Å². The second-order valence-electron chi connectivity index (χ2n) is 3.71. The first-order chi connectivity index (χ1) is 8.13. The zero-order valence-electron chi connectivity index (χ0n) is 9.35. The number of anilines is 1. The maximum atomic E-state index is 10.8. The first-order valence-corrected chi connectivity index (χ1v) is 5.57. The molecule has 4 nitrogen and oxygen atoms in total. The fraction of sp³-hybridized carbons (Fsp3) is 0.167. The maximum absolute atomic E-state index is 10.8. The Morgan fingerprint density at radius 3 is 2.71 bits per heavy atom. The quantitative estimate of drug-likeness (QED) is 0.909. The van der Waals surface area contributed by atoms with Gasteiger partial charge in [-0.2, -0.15) is 5.10 Å². The molecule has 0 saturated heterocycles. The Hall–Kier alpha value is -1.81. The minimum Gasteiger partial charge on any atom is -0.309 e. The lowest BCUT2D eigenvalue weighted by Crippen LogP contribution is -2.07. The fourth-order valence-electron chi connectivity index (χ4n) is 1.47. The highest BCUT2D eigenvalue weighted by molar-refractivity contribution is 6.30. The molecule has 17 heavy (non-hydrogen) atoms. The standard InChI is InChI=1S/C12H12ClN3O/c1-9(17)14-12-6-7-16(15-12)8-10-2-4-11(13)5-3-10/h2-7H,8H2,1H3,(H,14,15,17). The molecular formula is C12H12ClN3O. The summed E-state index contributed by atoms with van der Waals surface area (Å²) in [4.78, 5) is 10.8. The first kappa shape index (κ1) is 11.7. The monoisotopic (exact) mass is 249 g/mol. The van der Waals surface area contributed by atoms with Crippen LogP contribution in [0.3, 0.4) is 0 Å². The third kappa shape index (κ3) is 3.32. The van der Waals surface area contributed by atoms with Gasteiger partial charge < -0.3 is 5.32 Å². The van der Waals surface area contributed by atoms with Crippen molar-refractivity contribution in [1.82, 2.24) is 9.78 Å². The average molecular weight is 250 g/mol. The Morgan fingerprint density at radius 1 is 1.35 bits per heavy atom. The first-order valence-electron chi connectivity index (χ1n) is 5.19. The van der Waals surface area contributed by atoms with E-state index in [0.717, 1.165) is 5.56 Å². The lowest BCUT2D eigenvalue weighted by atomic mass is 10.2. The lowest BCUT2D eigenvalue weighted by molar-refractivity contribution is -0.114. The Labute approximate surface area is 104 Å². The summed E-state index contributed by atoms with van der Waals surface area (Å²) in [6.07, 6.45) is 1.82. The minimum absolute atomic E-state index is 0.123. The van der Waals surface area contributed by atoms with Crippen molar-refractivity contribution in [2.24, 2.45) is 0 Å². The highest BCUT2D eigenvalue weighted by Crippen LogP contribution is 2.11. The Morgan fingerprint density at radius 2 is 2.06 bits per heavy atom. The van der Waals surface area contributed by atoms with Gasteiger partial charge in [-0.15, -0.1) is 0 Å². The van der Waals surface area contributed by atoms with Crippen LogP contribution in [0.1, 0.15) is 12.5 Å². The predicted octanol–water partition coefficient (Wildman–Crippen LogP) is 2.54. The van der Waals surface area contributed by atoms with Gasteiger partial charge >= 0.3 is 0 Å². The molecule has 0 bridgehead atoms. The van der Waals surface area contributed by atoms with E-state index in [2.05, 4.69) is 10.4 Å². The molecule has 5 heteroatoms. The van der Waals surface area contributed by atoms with Crippen molar-refractivity contribution in [2.45, 2.75) is 13.5 Å². The zero-order chi connectivity index (χ0) is 12.3. The molecule has 1 aromatic carbocycles. The molecule has 0 radical (unpaired) electrons. The molecular weight excluding hydrogens is 238 g/mol.